The van der Waals surface area contributed by atoms with Crippen molar-refractivity contribution in [3.63, 3.8) is 0 Å². The summed E-state index contributed by atoms with van der Waals surface area (Å²) < 4.78 is 60.0. The van der Waals surface area contributed by atoms with Gasteiger partial charge in [0.25, 0.3) is 0 Å². The van der Waals surface area contributed by atoms with Crippen LogP contribution in [-0.2, 0) is 6.54 Å². The maximum absolute atomic E-state index is 14.8. The summed E-state index contributed by atoms with van der Waals surface area (Å²) in [5.74, 6) is -3.63. The predicted molar refractivity (Wildman–Crippen MR) is 108 cm³/mol. The van der Waals surface area contributed by atoms with E-state index in [2.05, 4.69) is 20.0 Å². The number of hydrogen-bond acceptors (Lipinski definition) is 3. The predicted octanol–water partition coefficient (Wildman–Crippen LogP) is 5.37. The Morgan fingerprint density at radius 1 is 1.03 bits per heavy atom. The highest BCUT2D eigenvalue weighted by molar-refractivity contribution is 7.98. The zero-order chi connectivity index (χ0) is 21.3. The van der Waals surface area contributed by atoms with Gasteiger partial charge in [-0.15, -0.1) is 0 Å². The smallest absolute Gasteiger partial charge is 0.206 e. The van der Waals surface area contributed by atoms with Crippen molar-refractivity contribution in [1.29, 1.82) is 0 Å². The van der Waals surface area contributed by atoms with Gasteiger partial charge in [-0.05, 0) is 41.8 Å². The molecule has 2 aromatic carbocycles. The Morgan fingerprint density at radius 2 is 1.80 bits per heavy atom. The van der Waals surface area contributed by atoms with Crippen molar-refractivity contribution in [3.8, 4) is 0 Å². The van der Waals surface area contributed by atoms with E-state index in [1.54, 1.807) is 13.0 Å². The van der Waals surface area contributed by atoms with Crippen LogP contribution in [0.3, 0.4) is 0 Å². The number of halogens is 4. The minimum atomic E-state index is -1.06. The largest absolute Gasteiger partial charge is 0.324 e. The van der Waals surface area contributed by atoms with Crippen LogP contribution in [0.4, 0.5) is 23.2 Å². The molecule has 4 nitrogen and oxygen atoms in total. The standard InChI is InChI=1S/C21H16F4N4S/c1-11(12-5-2-3-6-13(12)22)18-19(25)15(24)9-17-20(18)28-21(29-30-17)27-10-16-14(23)7-4-8-26-16/h2-9,11H,10H2,1H3,(H2,27,28,29). The number of fused-ring (bicyclic) bond motifs is 1. The van der Waals surface area contributed by atoms with Gasteiger partial charge in [-0.25, -0.2) is 22.6 Å². The van der Waals surface area contributed by atoms with Gasteiger partial charge in [0, 0.05) is 17.7 Å². The number of aromatic nitrogens is 1. The topological polar surface area (TPSA) is 49.3 Å². The molecular weight excluding hydrogens is 416 g/mol. The monoisotopic (exact) mass is 432 g/mol. The number of rotatable bonds is 4. The molecule has 0 bridgehead atoms. The zero-order valence-electron chi connectivity index (χ0n) is 15.7. The molecule has 0 aliphatic carbocycles. The summed E-state index contributed by atoms with van der Waals surface area (Å²) in [5, 5.41) is 2.93. The van der Waals surface area contributed by atoms with E-state index in [0.717, 1.165) is 18.0 Å². The molecule has 0 saturated carbocycles. The second-order valence-corrected chi connectivity index (χ2v) is 7.48. The van der Waals surface area contributed by atoms with Crippen molar-refractivity contribution in [1.82, 2.24) is 9.71 Å². The first-order chi connectivity index (χ1) is 14.5. The lowest BCUT2D eigenvalue weighted by molar-refractivity contribution is 0.491. The zero-order valence-corrected chi connectivity index (χ0v) is 16.5. The molecule has 30 heavy (non-hydrogen) atoms. The third-order valence-electron chi connectivity index (χ3n) is 4.75. The van der Waals surface area contributed by atoms with Gasteiger partial charge < -0.3 is 5.32 Å². The number of pyridine rings is 1. The molecule has 0 radical (unpaired) electrons. The molecule has 0 amide bonds. The van der Waals surface area contributed by atoms with Gasteiger partial charge in [-0.3, -0.25) is 9.71 Å². The Kier molecular flexibility index (Phi) is 5.63. The summed E-state index contributed by atoms with van der Waals surface area (Å²) in [5.41, 5.74) is 0.660. The van der Waals surface area contributed by atoms with Crippen molar-refractivity contribution < 1.29 is 17.6 Å². The van der Waals surface area contributed by atoms with Gasteiger partial charge in [0.15, 0.2) is 11.6 Å². The average molecular weight is 432 g/mol. The highest BCUT2D eigenvalue weighted by Crippen LogP contribution is 2.41. The van der Waals surface area contributed by atoms with E-state index in [4.69, 9.17) is 0 Å². The molecule has 0 fully saturated rings. The SMILES string of the molecule is CC(c1ccccc1F)c1c(F)c(F)cc2c1NC(=NCc1ncccc1F)NS2. The first-order valence-corrected chi connectivity index (χ1v) is 9.87. The van der Waals surface area contributed by atoms with Crippen molar-refractivity contribution in [2.45, 2.75) is 24.3 Å². The highest BCUT2D eigenvalue weighted by Gasteiger charge is 2.28. The van der Waals surface area contributed by atoms with E-state index in [-0.39, 0.29) is 35.0 Å². The summed E-state index contributed by atoms with van der Waals surface area (Å²) >= 11 is 1.03. The van der Waals surface area contributed by atoms with E-state index < -0.39 is 29.2 Å². The van der Waals surface area contributed by atoms with Crippen molar-refractivity contribution in [3.05, 3.63) is 88.8 Å². The molecule has 0 saturated heterocycles. The van der Waals surface area contributed by atoms with Crippen LogP contribution >= 0.6 is 11.9 Å². The Bertz CT molecular complexity index is 1140. The van der Waals surface area contributed by atoms with E-state index in [0.29, 0.717) is 4.90 Å². The van der Waals surface area contributed by atoms with Crippen LogP contribution < -0.4 is 10.0 Å². The summed E-state index contributed by atoms with van der Waals surface area (Å²) in [7, 11) is 0. The second-order valence-electron chi connectivity index (χ2n) is 6.63. The minimum Gasteiger partial charge on any atom is -0.324 e. The van der Waals surface area contributed by atoms with Gasteiger partial charge >= 0.3 is 0 Å². The van der Waals surface area contributed by atoms with Crippen LogP contribution in [0, 0.1) is 23.3 Å². The van der Waals surface area contributed by atoms with E-state index in [9.17, 15) is 17.6 Å². The van der Waals surface area contributed by atoms with Crippen LogP contribution in [0.5, 0.6) is 0 Å². The normalized spacial score (nSPS) is 15.3. The fraction of sp³-hybridized carbons (Fsp3) is 0.143. The number of anilines is 1. The molecule has 4 rings (SSSR count). The summed E-state index contributed by atoms with van der Waals surface area (Å²) in [6.45, 7) is 1.55. The van der Waals surface area contributed by atoms with Crippen LogP contribution in [0.25, 0.3) is 0 Å². The molecule has 154 valence electrons. The van der Waals surface area contributed by atoms with Gasteiger partial charge in [-0.1, -0.05) is 25.1 Å². The highest BCUT2D eigenvalue weighted by atomic mass is 32.2. The van der Waals surface area contributed by atoms with Crippen molar-refractivity contribution >= 4 is 23.6 Å². The van der Waals surface area contributed by atoms with E-state index in [1.165, 1.54) is 36.5 Å². The number of guanidine groups is 1. The molecule has 9 heteroatoms. The summed E-state index contributed by atoms with van der Waals surface area (Å²) in [4.78, 5) is 8.57. The van der Waals surface area contributed by atoms with E-state index in [1.807, 2.05) is 0 Å². The first-order valence-electron chi connectivity index (χ1n) is 9.05. The number of nitrogens with zero attached hydrogens (tertiary/aromatic N) is 2. The van der Waals surface area contributed by atoms with Crippen molar-refractivity contribution in [2.75, 3.05) is 5.32 Å². The quantitative estimate of drug-likeness (QED) is 0.430. The maximum Gasteiger partial charge on any atom is 0.206 e. The third-order valence-corrected chi connectivity index (χ3v) is 5.58. The van der Waals surface area contributed by atoms with Crippen LogP contribution in [0.15, 0.2) is 58.5 Å². The Labute approximate surface area is 174 Å². The molecule has 1 aromatic heterocycles. The Balaban J connectivity index is 1.71. The number of aliphatic imine (C=N–C) groups is 1. The molecular formula is C21H16F4N4S. The van der Waals surface area contributed by atoms with Gasteiger partial charge in [0.1, 0.15) is 11.6 Å². The average Bonchev–Trinajstić information content (AvgIpc) is 2.74. The lowest BCUT2D eigenvalue weighted by Crippen LogP contribution is -2.31. The summed E-state index contributed by atoms with van der Waals surface area (Å²) in [6, 6.07) is 9.78. The Hall–Kier alpha value is -3.07. The Morgan fingerprint density at radius 3 is 2.57 bits per heavy atom. The third kappa shape index (κ3) is 3.85. The number of benzene rings is 2. The summed E-state index contributed by atoms with van der Waals surface area (Å²) in [6.07, 6.45) is 1.46. The molecule has 1 unspecified atom stereocenters. The van der Waals surface area contributed by atoms with E-state index >= 15 is 0 Å². The number of hydrogen-bond donors (Lipinski definition) is 2. The van der Waals surface area contributed by atoms with Crippen LogP contribution in [0.2, 0.25) is 0 Å². The minimum absolute atomic E-state index is 0.0131. The molecule has 3 aromatic rings. The van der Waals surface area contributed by atoms with Crippen LogP contribution in [-0.4, -0.2) is 10.9 Å². The molecule has 0 spiro atoms. The lowest BCUT2D eigenvalue weighted by atomic mass is 9.90. The first kappa shape index (κ1) is 20.2. The fourth-order valence-corrected chi connectivity index (χ4v) is 3.97. The fourth-order valence-electron chi connectivity index (χ4n) is 3.23. The molecule has 2 N–H and O–H groups in total. The molecule has 1 atom stereocenters. The maximum atomic E-state index is 14.8. The van der Waals surface area contributed by atoms with Gasteiger partial charge in [0.2, 0.25) is 5.96 Å². The molecule has 1 aliphatic heterocycles. The number of nitrogens with one attached hydrogen (secondary N) is 2. The van der Waals surface area contributed by atoms with Crippen molar-refractivity contribution in [2.24, 2.45) is 4.99 Å². The van der Waals surface area contributed by atoms with Gasteiger partial charge in [-0.2, -0.15) is 0 Å². The lowest BCUT2D eigenvalue weighted by Gasteiger charge is -2.26. The molecule has 1 aliphatic rings. The molecule has 2 heterocycles. The van der Waals surface area contributed by atoms with Gasteiger partial charge in [0.05, 0.1) is 22.8 Å². The second kappa shape index (κ2) is 8.35. The van der Waals surface area contributed by atoms with Crippen LogP contribution in [0.1, 0.15) is 29.7 Å².